The number of nitrogens with zero attached hydrogens (tertiary/aromatic N) is 1. The first-order valence-electron chi connectivity index (χ1n) is 10.8. The van der Waals surface area contributed by atoms with E-state index in [0.717, 1.165) is 11.1 Å². The van der Waals surface area contributed by atoms with Gasteiger partial charge in [-0.2, -0.15) is 0 Å². The van der Waals surface area contributed by atoms with Gasteiger partial charge in [0.05, 0.1) is 22.2 Å². The summed E-state index contributed by atoms with van der Waals surface area (Å²) < 4.78 is 16.7. The van der Waals surface area contributed by atoms with E-state index in [1.165, 1.54) is 12.7 Å². The van der Waals surface area contributed by atoms with Crippen molar-refractivity contribution in [2.75, 3.05) is 7.11 Å². The second-order valence-electron chi connectivity index (χ2n) is 8.18. The molecule has 0 N–H and O–H groups in total. The fraction of sp³-hybridized carbons (Fsp3) is 0.185. The zero-order valence-electron chi connectivity index (χ0n) is 19.3. The molecule has 5 nitrogen and oxygen atoms in total. The van der Waals surface area contributed by atoms with Crippen molar-refractivity contribution in [1.82, 2.24) is 0 Å². The minimum atomic E-state index is -0.539. The number of esters is 1. The zero-order chi connectivity index (χ0) is 25.1. The smallest absolute Gasteiger partial charge is 0.363 e. The van der Waals surface area contributed by atoms with E-state index in [2.05, 4.69) is 18.8 Å². The third-order valence-corrected chi connectivity index (χ3v) is 6.39. The molecular formula is C27H22Cl3NO4. The van der Waals surface area contributed by atoms with E-state index in [0.29, 0.717) is 38.0 Å². The quantitative estimate of drug-likeness (QED) is 0.232. The van der Waals surface area contributed by atoms with Gasteiger partial charge in [-0.3, -0.25) is 0 Å². The van der Waals surface area contributed by atoms with E-state index >= 15 is 0 Å². The van der Waals surface area contributed by atoms with Crippen molar-refractivity contribution in [2.24, 2.45) is 4.99 Å². The lowest BCUT2D eigenvalue weighted by Crippen LogP contribution is -2.05. The van der Waals surface area contributed by atoms with Crippen LogP contribution in [0.2, 0.25) is 15.1 Å². The van der Waals surface area contributed by atoms with Crippen LogP contribution in [-0.2, 0) is 16.1 Å². The number of methoxy groups -OCH3 is 1. The Labute approximate surface area is 218 Å². The van der Waals surface area contributed by atoms with Crippen molar-refractivity contribution in [2.45, 2.75) is 26.4 Å². The van der Waals surface area contributed by atoms with Crippen molar-refractivity contribution in [3.05, 3.63) is 97.6 Å². The fourth-order valence-electron chi connectivity index (χ4n) is 3.45. The van der Waals surface area contributed by atoms with Gasteiger partial charge in [0.2, 0.25) is 5.90 Å². The molecule has 0 saturated carbocycles. The van der Waals surface area contributed by atoms with Crippen LogP contribution >= 0.6 is 34.8 Å². The first kappa shape index (κ1) is 25.1. The molecular weight excluding hydrogens is 509 g/mol. The lowest BCUT2D eigenvalue weighted by atomic mass is 10.0. The van der Waals surface area contributed by atoms with Crippen molar-refractivity contribution in [1.29, 1.82) is 0 Å². The first-order chi connectivity index (χ1) is 16.7. The number of carbonyl (C=O) groups is 1. The minimum Gasteiger partial charge on any atom is -0.493 e. The number of hydrogen-bond acceptors (Lipinski definition) is 5. The third-order valence-electron chi connectivity index (χ3n) is 5.37. The number of rotatable bonds is 7. The van der Waals surface area contributed by atoms with Gasteiger partial charge < -0.3 is 14.2 Å². The summed E-state index contributed by atoms with van der Waals surface area (Å²) in [4.78, 5) is 16.8. The van der Waals surface area contributed by atoms with Gasteiger partial charge in [0.25, 0.3) is 0 Å². The number of benzene rings is 3. The van der Waals surface area contributed by atoms with Crippen LogP contribution in [-0.4, -0.2) is 19.0 Å². The normalized spacial score (nSPS) is 14.3. The van der Waals surface area contributed by atoms with Crippen molar-refractivity contribution < 1.29 is 19.0 Å². The first-order valence-corrected chi connectivity index (χ1v) is 12.0. The molecule has 35 heavy (non-hydrogen) atoms. The Morgan fingerprint density at radius 1 is 0.971 bits per heavy atom. The van der Waals surface area contributed by atoms with Gasteiger partial charge in [-0.1, -0.05) is 66.8 Å². The molecule has 3 aromatic rings. The molecule has 1 aliphatic rings. The maximum absolute atomic E-state index is 12.4. The second kappa shape index (κ2) is 10.7. The number of aliphatic imine (C=N–C) groups is 1. The molecule has 0 bridgehead atoms. The van der Waals surface area contributed by atoms with Crippen LogP contribution in [0.25, 0.3) is 6.08 Å². The molecule has 0 unspecified atom stereocenters. The Morgan fingerprint density at radius 2 is 1.71 bits per heavy atom. The summed E-state index contributed by atoms with van der Waals surface area (Å²) in [5.41, 5.74) is 3.52. The summed E-state index contributed by atoms with van der Waals surface area (Å²) in [6, 6.07) is 16.4. The van der Waals surface area contributed by atoms with Gasteiger partial charge in [-0.05, 0) is 65.1 Å². The second-order valence-corrected chi connectivity index (χ2v) is 9.41. The highest BCUT2D eigenvalue weighted by molar-refractivity contribution is 6.42. The number of halogens is 3. The molecule has 0 spiro atoms. The van der Waals surface area contributed by atoms with Gasteiger partial charge in [0.15, 0.2) is 17.2 Å². The van der Waals surface area contributed by atoms with Gasteiger partial charge in [-0.25, -0.2) is 9.79 Å². The third kappa shape index (κ3) is 5.81. The summed E-state index contributed by atoms with van der Waals surface area (Å²) in [5.74, 6) is 0.900. The van der Waals surface area contributed by atoms with Crippen molar-refractivity contribution in [3.8, 4) is 11.5 Å². The van der Waals surface area contributed by atoms with Crippen LogP contribution in [0.3, 0.4) is 0 Å². The number of carbonyl (C=O) groups excluding carboxylic acids is 1. The lowest BCUT2D eigenvalue weighted by molar-refractivity contribution is -0.129. The molecule has 3 aromatic carbocycles. The monoisotopic (exact) mass is 529 g/mol. The van der Waals surface area contributed by atoms with Gasteiger partial charge in [0, 0.05) is 5.56 Å². The SMILES string of the molecule is COc1cc(/C=C2\N=C(c3ccc(C(C)C)cc3)OC2=O)cc(Cl)c1OCc1ccc(Cl)c(Cl)c1. The molecule has 8 heteroatoms. The van der Waals surface area contributed by atoms with E-state index in [-0.39, 0.29) is 18.2 Å². The number of cyclic esters (lactones) is 1. The fourth-order valence-corrected chi connectivity index (χ4v) is 4.04. The van der Waals surface area contributed by atoms with Crippen LogP contribution in [0.15, 0.2) is 65.3 Å². The summed E-state index contributed by atoms with van der Waals surface area (Å²) in [7, 11) is 1.51. The molecule has 0 saturated heterocycles. The highest BCUT2D eigenvalue weighted by Crippen LogP contribution is 2.38. The highest BCUT2D eigenvalue weighted by atomic mass is 35.5. The van der Waals surface area contributed by atoms with Gasteiger partial charge in [0.1, 0.15) is 6.61 Å². The van der Waals surface area contributed by atoms with E-state index < -0.39 is 5.97 Å². The Balaban J connectivity index is 1.56. The molecule has 0 amide bonds. The standard InChI is InChI=1S/C27H22Cl3NO4/c1-15(2)18-5-7-19(8-6-18)26-31-23(27(32)35-26)12-17-11-22(30)25(24(13-17)33-3)34-14-16-4-9-20(28)21(29)10-16/h4-13,15H,14H2,1-3H3/b23-12-. The largest absolute Gasteiger partial charge is 0.493 e. The minimum absolute atomic E-state index is 0.163. The summed E-state index contributed by atoms with van der Waals surface area (Å²) in [6.07, 6.45) is 1.59. The lowest BCUT2D eigenvalue weighted by Gasteiger charge is -2.14. The molecule has 4 rings (SSSR count). The molecule has 180 valence electrons. The zero-order valence-corrected chi connectivity index (χ0v) is 21.5. The van der Waals surface area contributed by atoms with E-state index in [1.807, 2.05) is 30.3 Å². The molecule has 1 aliphatic heterocycles. The van der Waals surface area contributed by atoms with Gasteiger partial charge in [-0.15, -0.1) is 0 Å². The van der Waals surface area contributed by atoms with Crippen LogP contribution in [0.5, 0.6) is 11.5 Å². The van der Waals surface area contributed by atoms with Crippen molar-refractivity contribution >= 4 is 52.7 Å². The average Bonchev–Trinajstić information content (AvgIpc) is 3.20. The Kier molecular flexibility index (Phi) is 7.70. The van der Waals surface area contributed by atoms with Crippen LogP contribution in [0, 0.1) is 0 Å². The molecule has 0 aliphatic carbocycles. The topological polar surface area (TPSA) is 57.1 Å². The Bertz CT molecular complexity index is 1330. The van der Waals surface area contributed by atoms with Crippen molar-refractivity contribution in [3.63, 3.8) is 0 Å². The Morgan fingerprint density at radius 3 is 2.37 bits per heavy atom. The summed E-state index contributed by atoms with van der Waals surface area (Å²) in [6.45, 7) is 4.45. The van der Waals surface area contributed by atoms with E-state index in [9.17, 15) is 4.79 Å². The maximum atomic E-state index is 12.4. The molecule has 0 atom stereocenters. The molecule has 0 fully saturated rings. The average molecular weight is 531 g/mol. The van der Waals surface area contributed by atoms with Gasteiger partial charge >= 0.3 is 5.97 Å². The summed E-state index contributed by atoms with van der Waals surface area (Å²) in [5, 5.41) is 1.22. The number of hydrogen-bond donors (Lipinski definition) is 0. The van der Waals surface area contributed by atoms with Crippen LogP contribution in [0.1, 0.15) is 42.0 Å². The maximum Gasteiger partial charge on any atom is 0.363 e. The van der Waals surface area contributed by atoms with Crippen LogP contribution < -0.4 is 9.47 Å². The highest BCUT2D eigenvalue weighted by Gasteiger charge is 2.24. The van der Waals surface area contributed by atoms with E-state index in [1.54, 1.807) is 30.3 Å². The summed E-state index contributed by atoms with van der Waals surface area (Å²) >= 11 is 18.5. The Hall–Kier alpha value is -2.99. The molecule has 0 aromatic heterocycles. The predicted octanol–water partition coefficient (Wildman–Crippen LogP) is 7.70. The molecule has 0 radical (unpaired) electrons. The van der Waals surface area contributed by atoms with Crippen LogP contribution in [0.4, 0.5) is 0 Å². The molecule has 1 heterocycles. The van der Waals surface area contributed by atoms with E-state index in [4.69, 9.17) is 49.0 Å². The number of ether oxygens (including phenoxy) is 3. The predicted molar refractivity (Wildman–Crippen MR) is 140 cm³/mol.